The van der Waals surface area contributed by atoms with E-state index in [0.717, 1.165) is 5.69 Å². The molecule has 0 fully saturated rings. The van der Waals surface area contributed by atoms with Gasteiger partial charge >= 0.3 is 0 Å². The summed E-state index contributed by atoms with van der Waals surface area (Å²) in [5, 5.41) is 5.27. The standard InChI is InChI=1S/C14H11NOS/c1-9(16)15-10-6-7-14-12(8-10)11-4-2-3-5-13(11)17-14/h2-8H,1H3,(H,15,16). The number of anilines is 1. The third-order valence-electron chi connectivity index (χ3n) is 2.70. The number of hydrogen-bond acceptors (Lipinski definition) is 2. The van der Waals surface area contributed by atoms with Gasteiger partial charge in [-0.15, -0.1) is 11.3 Å². The molecular formula is C14H11NOS. The number of carbonyl (C=O) groups excluding carboxylic acids is 1. The van der Waals surface area contributed by atoms with E-state index in [1.165, 1.54) is 27.1 Å². The quantitative estimate of drug-likeness (QED) is 0.685. The molecule has 3 rings (SSSR count). The highest BCUT2D eigenvalue weighted by atomic mass is 32.1. The molecule has 0 bridgehead atoms. The number of carbonyl (C=O) groups is 1. The van der Waals surface area contributed by atoms with Gasteiger partial charge in [-0.05, 0) is 24.3 Å². The molecule has 1 amide bonds. The third-order valence-corrected chi connectivity index (χ3v) is 3.85. The summed E-state index contributed by atoms with van der Waals surface area (Å²) in [7, 11) is 0. The molecule has 3 heteroatoms. The van der Waals surface area contributed by atoms with E-state index >= 15 is 0 Å². The Hall–Kier alpha value is -1.87. The molecule has 17 heavy (non-hydrogen) atoms. The van der Waals surface area contributed by atoms with Gasteiger partial charge in [-0.1, -0.05) is 18.2 Å². The number of fused-ring (bicyclic) bond motifs is 3. The van der Waals surface area contributed by atoms with Crippen molar-refractivity contribution in [1.82, 2.24) is 0 Å². The number of benzene rings is 2. The van der Waals surface area contributed by atoms with Gasteiger partial charge in [0.1, 0.15) is 0 Å². The Labute approximate surface area is 103 Å². The van der Waals surface area contributed by atoms with Crippen LogP contribution in [-0.4, -0.2) is 5.91 Å². The minimum Gasteiger partial charge on any atom is -0.326 e. The van der Waals surface area contributed by atoms with Crippen molar-refractivity contribution in [3.63, 3.8) is 0 Å². The summed E-state index contributed by atoms with van der Waals surface area (Å²) in [6, 6.07) is 14.4. The van der Waals surface area contributed by atoms with Crippen molar-refractivity contribution in [2.45, 2.75) is 6.92 Å². The van der Waals surface area contributed by atoms with Gasteiger partial charge in [0.15, 0.2) is 0 Å². The van der Waals surface area contributed by atoms with Crippen molar-refractivity contribution in [2.75, 3.05) is 5.32 Å². The summed E-state index contributed by atoms with van der Waals surface area (Å²) in [6.07, 6.45) is 0. The molecular weight excluding hydrogens is 230 g/mol. The predicted octanol–water partition coefficient (Wildman–Crippen LogP) is 4.01. The largest absolute Gasteiger partial charge is 0.326 e. The molecule has 1 heterocycles. The zero-order chi connectivity index (χ0) is 11.8. The van der Waals surface area contributed by atoms with Crippen LogP contribution in [0.5, 0.6) is 0 Å². The molecule has 0 aliphatic heterocycles. The van der Waals surface area contributed by atoms with Crippen LogP contribution >= 0.6 is 11.3 Å². The van der Waals surface area contributed by atoms with Crippen LogP contribution in [-0.2, 0) is 4.79 Å². The lowest BCUT2D eigenvalue weighted by molar-refractivity contribution is -0.114. The fourth-order valence-electron chi connectivity index (χ4n) is 2.01. The Morgan fingerprint density at radius 2 is 1.82 bits per heavy atom. The first-order valence-corrected chi connectivity index (χ1v) is 6.24. The van der Waals surface area contributed by atoms with Gasteiger partial charge in [-0.2, -0.15) is 0 Å². The second-order valence-electron chi connectivity index (χ2n) is 3.99. The van der Waals surface area contributed by atoms with E-state index in [1.54, 1.807) is 11.3 Å². The molecule has 3 aromatic rings. The molecule has 0 atom stereocenters. The van der Waals surface area contributed by atoms with E-state index in [2.05, 4.69) is 23.5 Å². The van der Waals surface area contributed by atoms with Crippen molar-refractivity contribution in [3.8, 4) is 0 Å². The third kappa shape index (κ3) is 1.78. The average molecular weight is 241 g/mol. The molecule has 0 unspecified atom stereocenters. The van der Waals surface area contributed by atoms with E-state index in [9.17, 15) is 4.79 Å². The van der Waals surface area contributed by atoms with Crippen LogP contribution in [0, 0.1) is 0 Å². The summed E-state index contributed by atoms with van der Waals surface area (Å²) in [6.45, 7) is 1.52. The molecule has 0 saturated carbocycles. The van der Waals surface area contributed by atoms with E-state index in [-0.39, 0.29) is 5.91 Å². The summed E-state index contributed by atoms with van der Waals surface area (Å²) in [4.78, 5) is 11.0. The highest BCUT2D eigenvalue weighted by Gasteiger charge is 2.05. The maximum Gasteiger partial charge on any atom is 0.221 e. The number of hydrogen-bond donors (Lipinski definition) is 1. The van der Waals surface area contributed by atoms with E-state index in [0.29, 0.717) is 0 Å². The Balaban J connectivity index is 2.26. The SMILES string of the molecule is CC(=O)Nc1ccc2sc3ccccc3c2c1. The first-order chi connectivity index (χ1) is 8.24. The summed E-state index contributed by atoms with van der Waals surface area (Å²) in [5.41, 5.74) is 0.855. The number of rotatable bonds is 1. The van der Waals surface area contributed by atoms with Crippen molar-refractivity contribution in [1.29, 1.82) is 0 Å². The molecule has 1 N–H and O–H groups in total. The second-order valence-corrected chi connectivity index (χ2v) is 5.07. The second kappa shape index (κ2) is 3.86. The van der Waals surface area contributed by atoms with Crippen LogP contribution in [0.2, 0.25) is 0 Å². The van der Waals surface area contributed by atoms with Crippen LogP contribution < -0.4 is 5.32 Å². The topological polar surface area (TPSA) is 29.1 Å². The smallest absolute Gasteiger partial charge is 0.221 e. The van der Waals surface area contributed by atoms with Crippen LogP contribution in [0.1, 0.15) is 6.92 Å². The van der Waals surface area contributed by atoms with Gasteiger partial charge < -0.3 is 5.32 Å². The summed E-state index contributed by atoms with van der Waals surface area (Å²) >= 11 is 1.78. The first kappa shape index (κ1) is 10.3. The fourth-order valence-corrected chi connectivity index (χ4v) is 3.09. The minimum absolute atomic E-state index is 0.0381. The van der Waals surface area contributed by atoms with Gasteiger partial charge in [0.25, 0.3) is 0 Å². The lowest BCUT2D eigenvalue weighted by Gasteiger charge is -2.01. The highest BCUT2D eigenvalue weighted by Crippen LogP contribution is 2.34. The number of amides is 1. The van der Waals surface area contributed by atoms with Crippen molar-refractivity contribution in [3.05, 3.63) is 42.5 Å². The molecule has 2 aromatic carbocycles. The molecule has 0 spiro atoms. The van der Waals surface area contributed by atoms with Gasteiger partial charge in [-0.25, -0.2) is 0 Å². The Morgan fingerprint density at radius 1 is 1.06 bits per heavy atom. The average Bonchev–Trinajstić information content (AvgIpc) is 2.66. The van der Waals surface area contributed by atoms with E-state index in [4.69, 9.17) is 0 Å². The van der Waals surface area contributed by atoms with Crippen molar-refractivity contribution >= 4 is 43.1 Å². The first-order valence-electron chi connectivity index (χ1n) is 5.43. The molecule has 2 nitrogen and oxygen atoms in total. The van der Waals surface area contributed by atoms with Crippen LogP contribution in [0.4, 0.5) is 5.69 Å². The molecule has 0 saturated heterocycles. The number of nitrogens with one attached hydrogen (secondary N) is 1. The maximum absolute atomic E-state index is 11.0. The van der Waals surface area contributed by atoms with Crippen LogP contribution in [0.15, 0.2) is 42.5 Å². The van der Waals surface area contributed by atoms with Gasteiger partial charge in [0.05, 0.1) is 0 Å². The molecule has 84 valence electrons. The normalized spacial score (nSPS) is 10.9. The van der Waals surface area contributed by atoms with Crippen molar-refractivity contribution in [2.24, 2.45) is 0 Å². The van der Waals surface area contributed by atoms with Crippen LogP contribution in [0.3, 0.4) is 0 Å². The Bertz CT molecular complexity index is 714. The Kier molecular flexibility index (Phi) is 2.34. The summed E-state index contributed by atoms with van der Waals surface area (Å²) < 4.78 is 2.53. The fraction of sp³-hybridized carbons (Fsp3) is 0.0714. The molecule has 0 aliphatic rings. The Morgan fingerprint density at radius 3 is 2.65 bits per heavy atom. The van der Waals surface area contributed by atoms with E-state index < -0.39 is 0 Å². The minimum atomic E-state index is -0.0381. The highest BCUT2D eigenvalue weighted by molar-refractivity contribution is 7.25. The maximum atomic E-state index is 11.0. The van der Waals surface area contributed by atoms with Gasteiger partial charge in [-0.3, -0.25) is 4.79 Å². The van der Waals surface area contributed by atoms with E-state index in [1.807, 2.05) is 24.3 Å². The van der Waals surface area contributed by atoms with Crippen molar-refractivity contribution < 1.29 is 4.79 Å². The van der Waals surface area contributed by atoms with Crippen LogP contribution in [0.25, 0.3) is 20.2 Å². The zero-order valence-corrected chi connectivity index (χ0v) is 10.2. The lowest BCUT2D eigenvalue weighted by atomic mass is 10.1. The van der Waals surface area contributed by atoms with Gasteiger partial charge in [0.2, 0.25) is 5.91 Å². The molecule has 0 aliphatic carbocycles. The molecule has 1 aromatic heterocycles. The lowest BCUT2D eigenvalue weighted by Crippen LogP contribution is -2.05. The van der Waals surface area contributed by atoms with Gasteiger partial charge in [0, 0.05) is 32.8 Å². The predicted molar refractivity (Wildman–Crippen MR) is 73.6 cm³/mol. The number of thiophene rings is 1. The summed E-state index contributed by atoms with van der Waals surface area (Å²) in [5.74, 6) is -0.0381. The zero-order valence-electron chi connectivity index (χ0n) is 9.36. The monoisotopic (exact) mass is 241 g/mol. The molecule has 0 radical (unpaired) electrons.